The number of hydrogen-bond donors (Lipinski definition) is 4. The predicted molar refractivity (Wildman–Crippen MR) is 52.6 cm³/mol. The summed E-state index contributed by atoms with van der Waals surface area (Å²) in [5, 5.41) is 17.7. The van der Waals surface area contributed by atoms with E-state index in [-0.39, 0.29) is 0 Å². The Morgan fingerprint density at radius 3 is 1.67 bits per heavy atom. The maximum Gasteiger partial charge on any atom is 0.490 e. The van der Waals surface area contributed by atoms with E-state index < -0.39 is 36.1 Å². The predicted octanol–water partition coefficient (Wildman–Crippen LogP) is -0.444. The first-order chi connectivity index (χ1) is 7.89. The zero-order valence-electron chi connectivity index (χ0n) is 9.49. The first-order valence-corrected chi connectivity index (χ1v) is 4.48. The Morgan fingerprint density at radius 1 is 1.17 bits per heavy atom. The van der Waals surface area contributed by atoms with E-state index in [4.69, 9.17) is 20.7 Å². The van der Waals surface area contributed by atoms with Gasteiger partial charge >= 0.3 is 18.1 Å². The normalized spacial score (nSPS) is 13.7. The van der Waals surface area contributed by atoms with Gasteiger partial charge < -0.3 is 21.3 Å². The fourth-order valence-electron chi connectivity index (χ4n) is 0.407. The van der Waals surface area contributed by atoms with Gasteiger partial charge in [-0.25, -0.2) is 4.79 Å². The van der Waals surface area contributed by atoms with Crippen LogP contribution < -0.4 is 11.1 Å². The highest BCUT2D eigenvalue weighted by Gasteiger charge is 2.38. The van der Waals surface area contributed by atoms with Crippen molar-refractivity contribution in [3.63, 3.8) is 0 Å². The Morgan fingerprint density at radius 2 is 1.50 bits per heavy atom. The topological polar surface area (TPSA) is 130 Å². The number of rotatable bonds is 3. The molecule has 0 rings (SSSR count). The van der Waals surface area contributed by atoms with Gasteiger partial charge in [-0.1, -0.05) is 0 Å². The van der Waals surface area contributed by atoms with Crippen LogP contribution in [0.15, 0.2) is 0 Å². The SMILES string of the molecule is C[C@@H](N)C(=O)N[C@H](C)C(=O)O.O=C(O)C(F)(F)F. The second-order valence-corrected chi connectivity index (χ2v) is 3.16. The number of nitrogens with two attached hydrogens (primary N) is 1. The number of hydrogen-bond acceptors (Lipinski definition) is 4. The molecule has 1 amide bonds. The number of carbonyl (C=O) groups is 3. The molecule has 2 atom stereocenters. The van der Waals surface area contributed by atoms with Crippen molar-refractivity contribution in [2.45, 2.75) is 32.1 Å². The molecular weight excluding hydrogens is 261 g/mol. The lowest BCUT2D eigenvalue weighted by molar-refractivity contribution is -0.192. The quantitative estimate of drug-likeness (QED) is 0.552. The van der Waals surface area contributed by atoms with Crippen LogP contribution in [0.25, 0.3) is 0 Å². The van der Waals surface area contributed by atoms with E-state index >= 15 is 0 Å². The van der Waals surface area contributed by atoms with Crippen molar-refractivity contribution in [1.82, 2.24) is 5.32 Å². The lowest BCUT2D eigenvalue weighted by atomic mass is 10.3. The number of halogens is 3. The highest BCUT2D eigenvalue weighted by atomic mass is 19.4. The van der Waals surface area contributed by atoms with E-state index in [0.29, 0.717) is 0 Å². The molecule has 106 valence electrons. The molecule has 0 aliphatic carbocycles. The molecule has 0 saturated heterocycles. The average Bonchev–Trinajstić information content (AvgIpc) is 2.16. The number of aliphatic carboxylic acids is 2. The van der Waals surface area contributed by atoms with Crippen LogP contribution in [0, 0.1) is 0 Å². The Hall–Kier alpha value is -1.84. The molecule has 0 unspecified atom stereocenters. The molecule has 0 aromatic carbocycles. The third-order valence-corrected chi connectivity index (χ3v) is 1.39. The lowest BCUT2D eigenvalue weighted by Gasteiger charge is -2.10. The summed E-state index contributed by atoms with van der Waals surface area (Å²) in [4.78, 5) is 29.9. The van der Waals surface area contributed by atoms with Gasteiger partial charge in [-0.15, -0.1) is 0 Å². The fourth-order valence-corrected chi connectivity index (χ4v) is 0.407. The Bertz CT molecular complexity index is 316. The third-order valence-electron chi connectivity index (χ3n) is 1.39. The zero-order valence-corrected chi connectivity index (χ0v) is 9.49. The molecule has 0 aromatic rings. The monoisotopic (exact) mass is 274 g/mol. The van der Waals surface area contributed by atoms with Crippen molar-refractivity contribution in [2.24, 2.45) is 5.73 Å². The summed E-state index contributed by atoms with van der Waals surface area (Å²) in [6.45, 7) is 2.87. The summed E-state index contributed by atoms with van der Waals surface area (Å²) >= 11 is 0. The highest BCUT2D eigenvalue weighted by Crippen LogP contribution is 2.13. The van der Waals surface area contributed by atoms with Crippen molar-refractivity contribution >= 4 is 17.8 Å². The molecule has 0 fully saturated rings. The molecule has 0 aliphatic rings. The number of alkyl halides is 3. The van der Waals surface area contributed by atoms with Gasteiger partial charge in [0, 0.05) is 0 Å². The van der Waals surface area contributed by atoms with Crippen LogP contribution in [-0.4, -0.2) is 46.3 Å². The summed E-state index contributed by atoms with van der Waals surface area (Å²) < 4.78 is 31.7. The molecule has 10 heteroatoms. The van der Waals surface area contributed by atoms with Crippen molar-refractivity contribution in [2.75, 3.05) is 0 Å². The fraction of sp³-hybridized carbons (Fsp3) is 0.625. The van der Waals surface area contributed by atoms with Crippen LogP contribution >= 0.6 is 0 Å². The molecule has 18 heavy (non-hydrogen) atoms. The Balaban J connectivity index is 0. The van der Waals surface area contributed by atoms with E-state index in [2.05, 4.69) is 5.32 Å². The first-order valence-electron chi connectivity index (χ1n) is 4.48. The van der Waals surface area contributed by atoms with Crippen LogP contribution in [0.2, 0.25) is 0 Å². The van der Waals surface area contributed by atoms with Crippen LogP contribution in [0.4, 0.5) is 13.2 Å². The summed E-state index contributed by atoms with van der Waals surface area (Å²) in [6, 6.07) is -1.55. The highest BCUT2D eigenvalue weighted by molar-refractivity contribution is 5.86. The molecule has 0 spiro atoms. The maximum absolute atomic E-state index is 10.8. The molecular formula is C8H13F3N2O5. The second-order valence-electron chi connectivity index (χ2n) is 3.16. The summed E-state index contributed by atoms with van der Waals surface area (Å²) in [5.41, 5.74) is 5.18. The van der Waals surface area contributed by atoms with Gasteiger partial charge in [0.2, 0.25) is 5.91 Å². The number of nitrogens with one attached hydrogen (secondary N) is 1. The van der Waals surface area contributed by atoms with Crippen LogP contribution in [0.3, 0.4) is 0 Å². The van der Waals surface area contributed by atoms with Crippen molar-refractivity contribution in [3.05, 3.63) is 0 Å². The number of amides is 1. The number of carboxylic acids is 2. The molecule has 5 N–H and O–H groups in total. The van der Waals surface area contributed by atoms with Crippen LogP contribution in [0.1, 0.15) is 13.8 Å². The van der Waals surface area contributed by atoms with Gasteiger partial charge in [0.05, 0.1) is 6.04 Å². The largest absolute Gasteiger partial charge is 0.490 e. The smallest absolute Gasteiger partial charge is 0.480 e. The van der Waals surface area contributed by atoms with Gasteiger partial charge in [0.15, 0.2) is 0 Å². The minimum Gasteiger partial charge on any atom is -0.480 e. The van der Waals surface area contributed by atoms with Gasteiger partial charge in [0.1, 0.15) is 6.04 Å². The average molecular weight is 274 g/mol. The molecule has 0 bridgehead atoms. The molecule has 0 aliphatic heterocycles. The van der Waals surface area contributed by atoms with Gasteiger partial charge in [-0.05, 0) is 13.8 Å². The maximum atomic E-state index is 10.8. The van der Waals surface area contributed by atoms with Crippen molar-refractivity contribution in [3.8, 4) is 0 Å². The van der Waals surface area contributed by atoms with E-state index in [1.54, 1.807) is 0 Å². The molecule has 0 aromatic heterocycles. The van der Waals surface area contributed by atoms with Crippen molar-refractivity contribution in [1.29, 1.82) is 0 Å². The molecule has 7 nitrogen and oxygen atoms in total. The van der Waals surface area contributed by atoms with E-state index in [1.807, 2.05) is 0 Å². The standard InChI is InChI=1S/C6H12N2O3.C2HF3O2/c1-3(7)5(9)8-4(2)6(10)11;3-2(4,5)1(6)7/h3-4H,7H2,1-2H3,(H,8,9)(H,10,11);(H,6,7)/t3-,4-;/m1./s1. The third kappa shape index (κ3) is 9.39. The van der Waals surface area contributed by atoms with Gasteiger partial charge in [0.25, 0.3) is 0 Å². The molecule has 0 heterocycles. The molecule has 0 radical (unpaired) electrons. The summed E-state index contributed by atoms with van der Waals surface area (Å²) in [6.07, 6.45) is -5.08. The minimum absolute atomic E-state index is 0.458. The van der Waals surface area contributed by atoms with Crippen LogP contribution in [-0.2, 0) is 14.4 Å². The first kappa shape index (κ1) is 18.5. The Labute approximate surface area is 99.8 Å². The van der Waals surface area contributed by atoms with Gasteiger partial charge in [-0.2, -0.15) is 13.2 Å². The summed E-state index contributed by atoms with van der Waals surface area (Å²) in [5.74, 6) is -4.29. The number of carbonyl (C=O) groups excluding carboxylic acids is 1. The van der Waals surface area contributed by atoms with E-state index in [1.165, 1.54) is 13.8 Å². The molecule has 0 saturated carbocycles. The summed E-state index contributed by atoms with van der Waals surface area (Å²) in [7, 11) is 0. The van der Waals surface area contributed by atoms with Gasteiger partial charge in [-0.3, -0.25) is 9.59 Å². The van der Waals surface area contributed by atoms with E-state index in [9.17, 15) is 22.8 Å². The zero-order chi connectivity index (χ0) is 15.1. The van der Waals surface area contributed by atoms with E-state index in [0.717, 1.165) is 0 Å². The minimum atomic E-state index is -5.08. The Kier molecular flexibility index (Phi) is 7.70. The number of carboxylic acid groups (broad SMARTS) is 2. The second kappa shape index (κ2) is 7.48. The van der Waals surface area contributed by atoms with Crippen LogP contribution in [0.5, 0.6) is 0 Å². The lowest BCUT2D eigenvalue weighted by Crippen LogP contribution is -2.45. The van der Waals surface area contributed by atoms with Crippen molar-refractivity contribution < 1.29 is 37.8 Å².